The number of nitrogens with two attached hydrogens (primary N) is 1. The van der Waals surface area contributed by atoms with E-state index in [1.165, 1.54) is 11.1 Å². The molecule has 6 heteroatoms. The van der Waals surface area contributed by atoms with Crippen LogP contribution in [0, 0.1) is 19.8 Å². The van der Waals surface area contributed by atoms with Crippen LogP contribution in [0.5, 0.6) is 0 Å². The molecule has 4 rings (SSSR count). The number of carbonyl (C=O) groups is 1. The van der Waals surface area contributed by atoms with Gasteiger partial charge in [0.05, 0.1) is 11.3 Å². The van der Waals surface area contributed by atoms with E-state index in [1.54, 1.807) is 4.68 Å². The average Bonchev–Trinajstić information content (AvgIpc) is 3.38. The van der Waals surface area contributed by atoms with Gasteiger partial charge in [0, 0.05) is 24.8 Å². The minimum absolute atomic E-state index is 0. The summed E-state index contributed by atoms with van der Waals surface area (Å²) >= 11 is 0. The maximum absolute atomic E-state index is 13.3. The summed E-state index contributed by atoms with van der Waals surface area (Å²) in [5.74, 6) is 0.421. The van der Waals surface area contributed by atoms with Crippen LogP contribution >= 0.6 is 12.4 Å². The maximum atomic E-state index is 13.3. The van der Waals surface area contributed by atoms with E-state index in [-0.39, 0.29) is 18.3 Å². The Labute approximate surface area is 177 Å². The number of hydrogen-bond acceptors (Lipinski definition) is 3. The van der Waals surface area contributed by atoms with Crippen LogP contribution in [-0.4, -0.2) is 40.2 Å². The summed E-state index contributed by atoms with van der Waals surface area (Å²) in [4.78, 5) is 15.2. The Balaban J connectivity index is 0.00000240. The van der Waals surface area contributed by atoms with Crippen LogP contribution in [0.1, 0.15) is 27.9 Å². The summed E-state index contributed by atoms with van der Waals surface area (Å²) in [6.07, 6.45) is 2.83. The van der Waals surface area contributed by atoms with Crippen LogP contribution in [0.25, 0.3) is 16.9 Å². The van der Waals surface area contributed by atoms with Crippen molar-refractivity contribution in [2.24, 2.45) is 11.7 Å². The zero-order chi connectivity index (χ0) is 19.7. The van der Waals surface area contributed by atoms with Crippen molar-refractivity contribution in [2.75, 3.05) is 19.6 Å². The van der Waals surface area contributed by atoms with Gasteiger partial charge in [-0.15, -0.1) is 12.4 Å². The fraction of sp³-hybridized carbons (Fsp3) is 0.304. The normalized spacial score (nSPS) is 16.0. The lowest BCUT2D eigenvalue weighted by molar-refractivity contribution is 0.0788. The molecule has 0 saturated carbocycles. The van der Waals surface area contributed by atoms with Crippen LogP contribution in [-0.2, 0) is 0 Å². The van der Waals surface area contributed by atoms with Gasteiger partial charge in [-0.25, -0.2) is 4.68 Å². The van der Waals surface area contributed by atoms with Crippen LogP contribution in [0.4, 0.5) is 0 Å². The summed E-state index contributed by atoms with van der Waals surface area (Å²) in [7, 11) is 0. The van der Waals surface area contributed by atoms with E-state index in [4.69, 9.17) is 10.8 Å². The number of carbonyl (C=O) groups excluding carboxylic acids is 1. The molecule has 29 heavy (non-hydrogen) atoms. The number of nitrogens with zero attached hydrogens (tertiary/aromatic N) is 3. The van der Waals surface area contributed by atoms with E-state index in [1.807, 2.05) is 47.5 Å². The first-order valence-corrected chi connectivity index (χ1v) is 9.79. The lowest BCUT2D eigenvalue weighted by atomic mass is 10.0. The monoisotopic (exact) mass is 410 g/mol. The summed E-state index contributed by atoms with van der Waals surface area (Å²) in [6, 6.07) is 16.1. The topological polar surface area (TPSA) is 64.2 Å². The quantitative estimate of drug-likeness (QED) is 0.707. The molecule has 2 aromatic carbocycles. The molecule has 1 atom stereocenters. The van der Waals surface area contributed by atoms with Crippen molar-refractivity contribution in [1.82, 2.24) is 14.7 Å². The number of para-hydroxylation sites is 1. The summed E-state index contributed by atoms with van der Waals surface area (Å²) in [5, 5.41) is 4.80. The second-order valence-electron chi connectivity index (χ2n) is 7.61. The van der Waals surface area contributed by atoms with E-state index >= 15 is 0 Å². The number of amides is 1. The van der Waals surface area contributed by atoms with Gasteiger partial charge in [-0.2, -0.15) is 5.10 Å². The van der Waals surface area contributed by atoms with Gasteiger partial charge in [-0.1, -0.05) is 30.3 Å². The SMILES string of the molecule is Cc1ccc(-c2nn(-c3ccccc3)cc2C(=O)N2CCC(CN)C2)cc1C.Cl. The van der Waals surface area contributed by atoms with Crippen molar-refractivity contribution in [1.29, 1.82) is 0 Å². The number of aromatic nitrogens is 2. The Hall–Kier alpha value is -2.63. The molecule has 2 heterocycles. The largest absolute Gasteiger partial charge is 0.338 e. The Morgan fingerprint density at radius 3 is 2.55 bits per heavy atom. The fourth-order valence-electron chi connectivity index (χ4n) is 3.73. The molecule has 5 nitrogen and oxygen atoms in total. The molecule has 1 fully saturated rings. The van der Waals surface area contributed by atoms with E-state index in [2.05, 4.69) is 26.0 Å². The molecule has 0 spiro atoms. The molecular weight excluding hydrogens is 384 g/mol. The number of rotatable bonds is 4. The van der Waals surface area contributed by atoms with Gasteiger partial charge in [0.2, 0.25) is 0 Å². The van der Waals surface area contributed by atoms with Gasteiger partial charge in [0.1, 0.15) is 5.69 Å². The van der Waals surface area contributed by atoms with Gasteiger partial charge < -0.3 is 10.6 Å². The lowest BCUT2D eigenvalue weighted by Crippen LogP contribution is -2.30. The highest BCUT2D eigenvalue weighted by Gasteiger charge is 2.29. The minimum Gasteiger partial charge on any atom is -0.338 e. The van der Waals surface area contributed by atoms with Gasteiger partial charge in [0.15, 0.2) is 0 Å². The molecule has 1 amide bonds. The number of hydrogen-bond donors (Lipinski definition) is 1. The van der Waals surface area contributed by atoms with E-state index in [0.717, 1.165) is 36.5 Å². The predicted octanol–water partition coefficient (Wildman–Crippen LogP) is 4.00. The smallest absolute Gasteiger partial charge is 0.257 e. The number of likely N-dealkylation sites (tertiary alicyclic amines) is 1. The molecule has 152 valence electrons. The molecular formula is C23H27ClN4O. The molecule has 0 bridgehead atoms. The molecule has 1 aliphatic heterocycles. The first kappa shape index (κ1) is 21.1. The highest BCUT2D eigenvalue weighted by Crippen LogP contribution is 2.28. The highest BCUT2D eigenvalue weighted by atomic mass is 35.5. The number of benzene rings is 2. The first-order chi connectivity index (χ1) is 13.6. The second kappa shape index (κ2) is 8.80. The van der Waals surface area contributed by atoms with Crippen molar-refractivity contribution in [3.05, 3.63) is 71.4 Å². The fourth-order valence-corrected chi connectivity index (χ4v) is 3.73. The summed E-state index contributed by atoms with van der Waals surface area (Å²) < 4.78 is 1.80. The third-order valence-electron chi connectivity index (χ3n) is 5.65. The van der Waals surface area contributed by atoms with Crippen molar-refractivity contribution in [2.45, 2.75) is 20.3 Å². The third kappa shape index (κ3) is 4.21. The van der Waals surface area contributed by atoms with Crippen molar-refractivity contribution in [3.63, 3.8) is 0 Å². The lowest BCUT2D eigenvalue weighted by Gasteiger charge is -2.16. The number of halogens is 1. The molecule has 0 radical (unpaired) electrons. The molecule has 1 saturated heterocycles. The standard InChI is InChI=1S/C23H26N4O.ClH/c1-16-8-9-19(12-17(16)2)22-21(23(28)26-11-10-18(13-24)14-26)15-27(25-22)20-6-4-3-5-7-20;/h3-9,12,15,18H,10-11,13-14,24H2,1-2H3;1H. The van der Waals surface area contributed by atoms with Crippen LogP contribution < -0.4 is 5.73 Å². The summed E-state index contributed by atoms with van der Waals surface area (Å²) in [5.41, 5.74) is 11.5. The van der Waals surface area contributed by atoms with Gasteiger partial charge >= 0.3 is 0 Å². The Kier molecular flexibility index (Phi) is 6.40. The molecule has 0 aliphatic carbocycles. The highest BCUT2D eigenvalue weighted by molar-refractivity contribution is 6.00. The van der Waals surface area contributed by atoms with Crippen LogP contribution in [0.3, 0.4) is 0 Å². The molecule has 3 aromatic rings. The van der Waals surface area contributed by atoms with Crippen molar-refractivity contribution in [3.8, 4) is 16.9 Å². The van der Waals surface area contributed by atoms with Crippen LogP contribution in [0.15, 0.2) is 54.7 Å². The predicted molar refractivity (Wildman–Crippen MR) is 119 cm³/mol. The van der Waals surface area contributed by atoms with Crippen molar-refractivity contribution >= 4 is 18.3 Å². The van der Waals surface area contributed by atoms with E-state index < -0.39 is 0 Å². The van der Waals surface area contributed by atoms with Crippen molar-refractivity contribution < 1.29 is 4.79 Å². The first-order valence-electron chi connectivity index (χ1n) is 9.79. The average molecular weight is 411 g/mol. The second-order valence-corrected chi connectivity index (χ2v) is 7.61. The molecule has 1 aromatic heterocycles. The Bertz CT molecular complexity index is 999. The molecule has 1 unspecified atom stereocenters. The Morgan fingerprint density at radius 2 is 1.90 bits per heavy atom. The maximum Gasteiger partial charge on any atom is 0.257 e. The molecule has 2 N–H and O–H groups in total. The summed E-state index contributed by atoms with van der Waals surface area (Å²) in [6.45, 7) is 6.27. The van der Waals surface area contributed by atoms with Gasteiger partial charge in [-0.05, 0) is 62.1 Å². The molecule has 1 aliphatic rings. The zero-order valence-electron chi connectivity index (χ0n) is 16.8. The van der Waals surface area contributed by atoms with Gasteiger partial charge in [0.25, 0.3) is 5.91 Å². The zero-order valence-corrected chi connectivity index (χ0v) is 17.7. The van der Waals surface area contributed by atoms with Crippen LogP contribution in [0.2, 0.25) is 0 Å². The number of aryl methyl sites for hydroxylation is 2. The van der Waals surface area contributed by atoms with E-state index in [0.29, 0.717) is 18.0 Å². The van der Waals surface area contributed by atoms with Gasteiger partial charge in [-0.3, -0.25) is 4.79 Å². The van der Waals surface area contributed by atoms with E-state index in [9.17, 15) is 4.79 Å². The third-order valence-corrected chi connectivity index (χ3v) is 5.65. The minimum atomic E-state index is 0. The Morgan fingerprint density at radius 1 is 1.14 bits per heavy atom.